The van der Waals surface area contributed by atoms with Gasteiger partial charge in [0, 0.05) is 17.4 Å². The van der Waals surface area contributed by atoms with Gasteiger partial charge in [-0.2, -0.15) is 0 Å². The monoisotopic (exact) mass is 319 g/mol. The van der Waals surface area contributed by atoms with Crippen LogP contribution in [0.4, 0.5) is 5.69 Å². The summed E-state index contributed by atoms with van der Waals surface area (Å²) < 4.78 is 24.8. The standard InChI is InChI=1S/C15H17N3O3S/c1-11(14-8-3-4-9-16-14)17-15(19)12-6-5-7-13(10-12)18-22(2,20)21/h3-11,18H,1-2H3,(H,17,19)/t11-/m1/s1. The van der Waals surface area contributed by atoms with Crippen LogP contribution in [0.15, 0.2) is 48.7 Å². The van der Waals surface area contributed by atoms with Crippen LogP contribution in [0, 0.1) is 0 Å². The van der Waals surface area contributed by atoms with E-state index >= 15 is 0 Å². The minimum Gasteiger partial charge on any atom is -0.344 e. The summed E-state index contributed by atoms with van der Waals surface area (Å²) in [5, 5.41) is 2.82. The largest absolute Gasteiger partial charge is 0.344 e. The molecule has 0 radical (unpaired) electrons. The van der Waals surface area contributed by atoms with E-state index in [1.54, 1.807) is 30.5 Å². The molecule has 1 aromatic carbocycles. The SMILES string of the molecule is C[C@@H](NC(=O)c1cccc(NS(C)(=O)=O)c1)c1ccccn1. The van der Waals surface area contributed by atoms with Gasteiger partial charge < -0.3 is 5.32 Å². The van der Waals surface area contributed by atoms with Crippen LogP contribution in [0.5, 0.6) is 0 Å². The molecule has 2 aromatic rings. The Hall–Kier alpha value is -2.41. The van der Waals surface area contributed by atoms with Gasteiger partial charge in [-0.3, -0.25) is 14.5 Å². The Kier molecular flexibility index (Phi) is 4.77. The van der Waals surface area contributed by atoms with Gasteiger partial charge in [-0.25, -0.2) is 8.42 Å². The maximum Gasteiger partial charge on any atom is 0.251 e. The van der Waals surface area contributed by atoms with Crippen molar-refractivity contribution in [1.29, 1.82) is 0 Å². The number of nitrogens with zero attached hydrogens (tertiary/aromatic N) is 1. The minimum absolute atomic E-state index is 0.250. The van der Waals surface area contributed by atoms with Crippen LogP contribution in [0.25, 0.3) is 0 Å². The van der Waals surface area contributed by atoms with Crippen molar-refractivity contribution >= 4 is 21.6 Å². The van der Waals surface area contributed by atoms with E-state index in [2.05, 4.69) is 15.0 Å². The maximum absolute atomic E-state index is 12.2. The molecule has 0 unspecified atom stereocenters. The second-order valence-electron chi connectivity index (χ2n) is 4.90. The van der Waals surface area contributed by atoms with Crippen LogP contribution < -0.4 is 10.0 Å². The molecule has 0 saturated heterocycles. The first-order valence-corrected chi connectivity index (χ1v) is 8.54. The lowest BCUT2D eigenvalue weighted by atomic mass is 10.1. The number of carbonyl (C=O) groups is 1. The number of anilines is 1. The summed E-state index contributed by atoms with van der Waals surface area (Å²) >= 11 is 0. The van der Waals surface area contributed by atoms with Crippen molar-refractivity contribution in [2.24, 2.45) is 0 Å². The van der Waals surface area contributed by atoms with Gasteiger partial charge >= 0.3 is 0 Å². The average Bonchev–Trinajstić information content (AvgIpc) is 2.46. The number of amides is 1. The fraction of sp³-hybridized carbons (Fsp3) is 0.200. The summed E-state index contributed by atoms with van der Waals surface area (Å²) in [6, 6.07) is 11.5. The Morgan fingerprint density at radius 2 is 1.95 bits per heavy atom. The zero-order valence-electron chi connectivity index (χ0n) is 12.3. The molecule has 1 amide bonds. The first-order chi connectivity index (χ1) is 10.3. The lowest BCUT2D eigenvalue weighted by molar-refractivity contribution is 0.0939. The highest BCUT2D eigenvalue weighted by Gasteiger charge is 2.13. The van der Waals surface area contributed by atoms with E-state index < -0.39 is 10.0 Å². The van der Waals surface area contributed by atoms with Crippen LogP contribution in [-0.4, -0.2) is 25.6 Å². The van der Waals surface area contributed by atoms with Gasteiger partial charge in [0.2, 0.25) is 10.0 Å². The number of aromatic nitrogens is 1. The molecule has 1 heterocycles. The number of nitrogens with one attached hydrogen (secondary N) is 2. The van der Waals surface area contributed by atoms with Crippen LogP contribution in [-0.2, 0) is 10.0 Å². The molecule has 0 saturated carbocycles. The topological polar surface area (TPSA) is 88.2 Å². The normalized spacial score (nSPS) is 12.5. The van der Waals surface area contributed by atoms with E-state index in [0.717, 1.165) is 11.9 Å². The van der Waals surface area contributed by atoms with E-state index in [1.165, 1.54) is 6.07 Å². The number of rotatable bonds is 5. The zero-order chi connectivity index (χ0) is 16.2. The van der Waals surface area contributed by atoms with Crippen molar-refractivity contribution in [3.63, 3.8) is 0 Å². The van der Waals surface area contributed by atoms with Crippen molar-refractivity contribution in [1.82, 2.24) is 10.3 Å². The molecule has 0 spiro atoms. The van der Waals surface area contributed by atoms with Crippen LogP contribution >= 0.6 is 0 Å². The Morgan fingerprint density at radius 3 is 2.59 bits per heavy atom. The van der Waals surface area contributed by atoms with E-state index in [4.69, 9.17) is 0 Å². The third-order valence-electron chi connectivity index (χ3n) is 2.91. The maximum atomic E-state index is 12.2. The smallest absolute Gasteiger partial charge is 0.251 e. The molecule has 22 heavy (non-hydrogen) atoms. The third-order valence-corrected chi connectivity index (χ3v) is 3.51. The molecular weight excluding hydrogens is 302 g/mol. The van der Waals surface area contributed by atoms with Gasteiger partial charge in [0.05, 0.1) is 18.0 Å². The Morgan fingerprint density at radius 1 is 1.18 bits per heavy atom. The number of pyridine rings is 1. The average molecular weight is 319 g/mol. The summed E-state index contributed by atoms with van der Waals surface area (Å²) in [7, 11) is -3.38. The molecule has 0 aliphatic carbocycles. The van der Waals surface area contributed by atoms with Crippen LogP contribution in [0.2, 0.25) is 0 Å². The predicted octanol–water partition coefficient (Wildman–Crippen LogP) is 1.94. The highest BCUT2D eigenvalue weighted by molar-refractivity contribution is 7.92. The third kappa shape index (κ3) is 4.56. The molecule has 7 heteroatoms. The second kappa shape index (κ2) is 6.57. The fourth-order valence-corrected chi connectivity index (χ4v) is 2.48. The zero-order valence-corrected chi connectivity index (χ0v) is 13.1. The summed E-state index contributed by atoms with van der Waals surface area (Å²) in [5.74, 6) is -0.296. The lowest BCUT2D eigenvalue weighted by Crippen LogP contribution is -2.27. The summed E-state index contributed by atoms with van der Waals surface area (Å²) in [5.41, 5.74) is 1.47. The first kappa shape index (κ1) is 16.0. The van der Waals surface area contributed by atoms with Gasteiger partial charge in [0.15, 0.2) is 0 Å². The van der Waals surface area contributed by atoms with Crippen molar-refractivity contribution in [3.05, 3.63) is 59.9 Å². The Labute approximate surface area is 129 Å². The van der Waals surface area contributed by atoms with E-state index in [1.807, 2.05) is 19.1 Å². The quantitative estimate of drug-likeness (QED) is 0.881. The molecule has 0 aliphatic rings. The summed E-state index contributed by atoms with van der Waals surface area (Å²) in [6.07, 6.45) is 2.72. The molecule has 1 aromatic heterocycles. The van der Waals surface area contributed by atoms with E-state index in [-0.39, 0.29) is 11.9 Å². The summed E-state index contributed by atoms with van der Waals surface area (Å²) in [6.45, 7) is 1.83. The molecule has 6 nitrogen and oxygen atoms in total. The van der Waals surface area contributed by atoms with Gasteiger partial charge in [0.25, 0.3) is 5.91 Å². The highest BCUT2D eigenvalue weighted by Crippen LogP contribution is 2.14. The van der Waals surface area contributed by atoms with E-state index in [9.17, 15) is 13.2 Å². The first-order valence-electron chi connectivity index (χ1n) is 6.65. The Bertz CT molecular complexity index is 761. The van der Waals surface area contributed by atoms with Crippen molar-refractivity contribution in [3.8, 4) is 0 Å². The molecule has 2 N–H and O–H groups in total. The number of hydrogen-bond acceptors (Lipinski definition) is 4. The minimum atomic E-state index is -3.38. The van der Waals surface area contributed by atoms with Gasteiger partial charge in [-0.05, 0) is 37.3 Å². The molecular formula is C15H17N3O3S. The summed E-state index contributed by atoms with van der Waals surface area (Å²) in [4.78, 5) is 16.4. The fourth-order valence-electron chi connectivity index (χ4n) is 1.92. The van der Waals surface area contributed by atoms with Gasteiger partial charge in [-0.1, -0.05) is 12.1 Å². The molecule has 0 bridgehead atoms. The predicted molar refractivity (Wildman–Crippen MR) is 85.0 cm³/mol. The molecule has 1 atom stereocenters. The number of carbonyl (C=O) groups excluding carboxylic acids is 1. The Balaban J connectivity index is 2.11. The lowest BCUT2D eigenvalue weighted by Gasteiger charge is -2.14. The van der Waals surface area contributed by atoms with Gasteiger partial charge in [-0.15, -0.1) is 0 Å². The van der Waals surface area contributed by atoms with Crippen molar-refractivity contribution in [2.45, 2.75) is 13.0 Å². The number of benzene rings is 1. The molecule has 2 rings (SSSR count). The van der Waals surface area contributed by atoms with E-state index in [0.29, 0.717) is 11.3 Å². The molecule has 0 fully saturated rings. The second-order valence-corrected chi connectivity index (χ2v) is 6.65. The van der Waals surface area contributed by atoms with Crippen LogP contribution in [0.3, 0.4) is 0 Å². The number of hydrogen-bond donors (Lipinski definition) is 2. The van der Waals surface area contributed by atoms with Crippen molar-refractivity contribution in [2.75, 3.05) is 11.0 Å². The highest BCUT2D eigenvalue weighted by atomic mass is 32.2. The molecule has 116 valence electrons. The van der Waals surface area contributed by atoms with Gasteiger partial charge in [0.1, 0.15) is 0 Å². The van der Waals surface area contributed by atoms with Crippen molar-refractivity contribution < 1.29 is 13.2 Å². The number of sulfonamides is 1. The van der Waals surface area contributed by atoms with Crippen LogP contribution in [0.1, 0.15) is 29.0 Å². The molecule has 0 aliphatic heterocycles.